The Morgan fingerprint density at radius 3 is 2.21 bits per heavy atom. The number of aryl methyl sites for hydroxylation is 1. The van der Waals surface area contributed by atoms with Gasteiger partial charge >= 0.3 is 5.97 Å². The zero-order chi connectivity index (χ0) is 20.6. The number of nitrogens with zero attached hydrogens (tertiary/aromatic N) is 1. The SMILES string of the molecule is CCOC(=O)c1sc(NC(=O)CN2C(=O)c3cc(Cl)c(Cl)cc3C2=O)cc1C. The number of imide groups is 1. The Balaban J connectivity index is 1.72. The molecule has 28 heavy (non-hydrogen) atoms. The summed E-state index contributed by atoms with van der Waals surface area (Å²) in [5.74, 6) is -2.30. The molecule has 0 saturated heterocycles. The van der Waals surface area contributed by atoms with Gasteiger partial charge in [0.15, 0.2) is 0 Å². The van der Waals surface area contributed by atoms with Crippen molar-refractivity contribution in [2.24, 2.45) is 0 Å². The standard InChI is InChI=1S/C18H14Cl2N2O5S/c1-3-27-18(26)15-8(2)4-14(28-15)21-13(23)7-22-16(24)9-5-11(19)12(20)6-10(9)17(22)25/h4-6H,3,7H2,1-2H3,(H,21,23). The first-order valence-electron chi connectivity index (χ1n) is 8.15. The Labute approximate surface area is 174 Å². The number of nitrogens with one attached hydrogen (secondary N) is 1. The largest absolute Gasteiger partial charge is 0.462 e. The summed E-state index contributed by atoms with van der Waals surface area (Å²) < 4.78 is 4.96. The van der Waals surface area contributed by atoms with Gasteiger partial charge in [-0.05, 0) is 37.6 Å². The molecule has 0 saturated carbocycles. The van der Waals surface area contributed by atoms with Crippen LogP contribution in [0.3, 0.4) is 0 Å². The molecule has 0 spiro atoms. The first-order chi connectivity index (χ1) is 13.2. The van der Waals surface area contributed by atoms with Crippen LogP contribution in [0, 0.1) is 6.92 Å². The van der Waals surface area contributed by atoms with Crippen molar-refractivity contribution in [3.05, 3.63) is 49.8 Å². The van der Waals surface area contributed by atoms with Crippen LogP contribution in [0.1, 0.15) is 42.9 Å². The number of anilines is 1. The number of halogens is 2. The Morgan fingerprint density at radius 1 is 1.11 bits per heavy atom. The average Bonchev–Trinajstić information content (AvgIpc) is 3.09. The molecule has 1 aliphatic rings. The number of thiophene rings is 1. The monoisotopic (exact) mass is 440 g/mol. The quantitative estimate of drug-likeness (QED) is 0.563. The summed E-state index contributed by atoms with van der Waals surface area (Å²) in [6.45, 7) is 3.18. The van der Waals surface area contributed by atoms with Gasteiger partial charge < -0.3 is 10.1 Å². The van der Waals surface area contributed by atoms with Gasteiger partial charge in [-0.1, -0.05) is 23.2 Å². The van der Waals surface area contributed by atoms with E-state index in [2.05, 4.69) is 5.32 Å². The number of carbonyl (C=O) groups excluding carboxylic acids is 4. The number of hydrogen-bond acceptors (Lipinski definition) is 6. The number of ether oxygens (including phenoxy) is 1. The van der Waals surface area contributed by atoms with E-state index in [1.165, 1.54) is 12.1 Å². The highest BCUT2D eigenvalue weighted by Crippen LogP contribution is 2.32. The van der Waals surface area contributed by atoms with Crippen molar-refractivity contribution < 1.29 is 23.9 Å². The number of benzene rings is 1. The van der Waals surface area contributed by atoms with Crippen LogP contribution in [0.4, 0.5) is 5.00 Å². The third-order valence-corrected chi connectivity index (χ3v) is 5.81. The normalized spacial score (nSPS) is 12.9. The van der Waals surface area contributed by atoms with Gasteiger partial charge in [0.25, 0.3) is 11.8 Å². The smallest absolute Gasteiger partial charge is 0.348 e. The van der Waals surface area contributed by atoms with Gasteiger partial charge in [-0.3, -0.25) is 19.3 Å². The maximum atomic E-state index is 12.4. The molecule has 2 heterocycles. The Hall–Kier alpha value is -2.42. The van der Waals surface area contributed by atoms with Gasteiger partial charge in [0.05, 0.1) is 32.8 Å². The van der Waals surface area contributed by atoms with Gasteiger partial charge in [-0.2, -0.15) is 0 Å². The maximum Gasteiger partial charge on any atom is 0.348 e. The lowest BCUT2D eigenvalue weighted by Crippen LogP contribution is -2.37. The van der Waals surface area contributed by atoms with E-state index in [0.29, 0.717) is 15.4 Å². The van der Waals surface area contributed by atoms with Crippen LogP contribution in [-0.4, -0.2) is 41.7 Å². The molecule has 7 nitrogen and oxygen atoms in total. The molecule has 0 radical (unpaired) electrons. The minimum atomic E-state index is -0.622. The minimum absolute atomic E-state index is 0.101. The van der Waals surface area contributed by atoms with Gasteiger partial charge in [0.1, 0.15) is 11.4 Å². The topological polar surface area (TPSA) is 92.8 Å². The Kier molecular flexibility index (Phi) is 5.74. The molecule has 0 unspecified atom stereocenters. The average molecular weight is 441 g/mol. The molecule has 1 aromatic heterocycles. The molecule has 3 amide bonds. The van der Waals surface area contributed by atoms with E-state index in [1.807, 2.05) is 0 Å². The molecule has 0 atom stereocenters. The van der Waals surface area contributed by atoms with Gasteiger partial charge in [0, 0.05) is 0 Å². The second kappa shape index (κ2) is 7.90. The van der Waals surface area contributed by atoms with E-state index < -0.39 is 30.2 Å². The van der Waals surface area contributed by atoms with Crippen molar-refractivity contribution in [3.8, 4) is 0 Å². The summed E-state index contributed by atoms with van der Waals surface area (Å²) in [5.41, 5.74) is 0.858. The number of carbonyl (C=O) groups is 4. The summed E-state index contributed by atoms with van der Waals surface area (Å²) in [6, 6.07) is 4.24. The van der Waals surface area contributed by atoms with E-state index in [9.17, 15) is 19.2 Å². The second-order valence-electron chi connectivity index (χ2n) is 5.90. The van der Waals surface area contributed by atoms with Crippen molar-refractivity contribution in [2.45, 2.75) is 13.8 Å². The lowest BCUT2D eigenvalue weighted by Gasteiger charge is -2.12. The lowest BCUT2D eigenvalue weighted by atomic mass is 10.1. The van der Waals surface area contributed by atoms with Crippen LogP contribution in [0.5, 0.6) is 0 Å². The molecule has 0 bridgehead atoms. The number of esters is 1. The molecule has 1 N–H and O–H groups in total. The number of fused-ring (bicyclic) bond motifs is 1. The fourth-order valence-electron chi connectivity index (χ4n) is 2.69. The molecule has 3 rings (SSSR count). The van der Waals surface area contributed by atoms with Crippen molar-refractivity contribution in [1.29, 1.82) is 0 Å². The zero-order valence-corrected chi connectivity index (χ0v) is 17.1. The van der Waals surface area contributed by atoms with E-state index in [0.717, 1.165) is 16.2 Å². The van der Waals surface area contributed by atoms with Gasteiger partial charge in [0.2, 0.25) is 5.91 Å². The minimum Gasteiger partial charge on any atom is -0.462 e. The Morgan fingerprint density at radius 2 is 1.68 bits per heavy atom. The highest BCUT2D eigenvalue weighted by molar-refractivity contribution is 7.18. The summed E-state index contributed by atoms with van der Waals surface area (Å²) in [7, 11) is 0. The van der Waals surface area contributed by atoms with Crippen molar-refractivity contribution in [2.75, 3.05) is 18.5 Å². The molecule has 1 aliphatic heterocycles. The zero-order valence-electron chi connectivity index (χ0n) is 14.8. The van der Waals surface area contributed by atoms with Crippen molar-refractivity contribution in [1.82, 2.24) is 4.90 Å². The molecule has 146 valence electrons. The molecule has 1 aromatic carbocycles. The highest BCUT2D eigenvalue weighted by Gasteiger charge is 2.37. The third-order valence-electron chi connectivity index (χ3n) is 3.95. The van der Waals surface area contributed by atoms with Crippen LogP contribution >= 0.6 is 34.5 Å². The van der Waals surface area contributed by atoms with E-state index >= 15 is 0 Å². The first-order valence-corrected chi connectivity index (χ1v) is 9.72. The summed E-state index contributed by atoms with van der Waals surface area (Å²) >= 11 is 12.9. The van der Waals surface area contributed by atoms with Crippen LogP contribution in [-0.2, 0) is 9.53 Å². The summed E-state index contributed by atoms with van der Waals surface area (Å²) in [6.07, 6.45) is 0. The van der Waals surface area contributed by atoms with Crippen molar-refractivity contribution >= 4 is 63.2 Å². The number of rotatable bonds is 5. The van der Waals surface area contributed by atoms with Crippen LogP contribution in [0.15, 0.2) is 18.2 Å². The van der Waals surface area contributed by atoms with Gasteiger partial charge in [-0.15, -0.1) is 11.3 Å². The lowest BCUT2D eigenvalue weighted by molar-refractivity contribution is -0.116. The Bertz CT molecular complexity index is 977. The fourth-order valence-corrected chi connectivity index (χ4v) is 4.00. The predicted molar refractivity (Wildman–Crippen MR) is 105 cm³/mol. The highest BCUT2D eigenvalue weighted by atomic mass is 35.5. The maximum absolute atomic E-state index is 12.4. The second-order valence-corrected chi connectivity index (χ2v) is 7.77. The van der Waals surface area contributed by atoms with Crippen LogP contribution in [0.25, 0.3) is 0 Å². The molecular formula is C18H14Cl2N2O5S. The number of amides is 3. The summed E-state index contributed by atoms with van der Waals surface area (Å²) in [5, 5.41) is 3.30. The predicted octanol–water partition coefficient (Wildman–Crippen LogP) is 3.77. The fraction of sp³-hybridized carbons (Fsp3) is 0.222. The van der Waals surface area contributed by atoms with Crippen molar-refractivity contribution in [3.63, 3.8) is 0 Å². The molecular weight excluding hydrogens is 427 g/mol. The molecule has 0 fully saturated rings. The van der Waals surface area contributed by atoms with E-state index in [4.69, 9.17) is 27.9 Å². The van der Waals surface area contributed by atoms with E-state index in [-0.39, 0.29) is 27.8 Å². The van der Waals surface area contributed by atoms with Gasteiger partial charge in [-0.25, -0.2) is 4.79 Å². The molecule has 0 aliphatic carbocycles. The molecule has 2 aromatic rings. The van der Waals surface area contributed by atoms with E-state index in [1.54, 1.807) is 19.9 Å². The molecule has 10 heteroatoms. The van der Waals surface area contributed by atoms with Crippen LogP contribution < -0.4 is 5.32 Å². The van der Waals surface area contributed by atoms with Crippen LogP contribution in [0.2, 0.25) is 10.0 Å². The first kappa shape index (κ1) is 20.3. The summed E-state index contributed by atoms with van der Waals surface area (Å²) in [4.78, 5) is 50.3. The number of hydrogen-bond donors (Lipinski definition) is 1. The third kappa shape index (κ3) is 3.76.